The Hall–Kier alpha value is -1.76. The van der Waals surface area contributed by atoms with Gasteiger partial charge in [0.1, 0.15) is 0 Å². The Kier molecular flexibility index (Phi) is 3.40. The van der Waals surface area contributed by atoms with Crippen LogP contribution in [0, 0.1) is 17.5 Å². The van der Waals surface area contributed by atoms with Crippen molar-refractivity contribution in [3.8, 4) is 5.75 Å². The van der Waals surface area contributed by atoms with Gasteiger partial charge in [0.2, 0.25) is 5.82 Å². The van der Waals surface area contributed by atoms with Crippen LogP contribution < -0.4 is 5.73 Å². The number of hydrogen-bond donors (Lipinski definition) is 2. The SMILES string of the molecule is CC1C(N)CCN1C(=O)c1cc(F)c(F)c(O)c1F. The third kappa shape index (κ3) is 2.14. The van der Waals surface area contributed by atoms with E-state index in [9.17, 15) is 18.0 Å². The van der Waals surface area contributed by atoms with Crippen molar-refractivity contribution in [2.45, 2.75) is 25.4 Å². The summed E-state index contributed by atoms with van der Waals surface area (Å²) in [6, 6.07) is -0.128. The molecular weight excluding hydrogens is 261 g/mol. The summed E-state index contributed by atoms with van der Waals surface area (Å²) in [7, 11) is 0. The zero-order valence-electron chi connectivity index (χ0n) is 10.2. The van der Waals surface area contributed by atoms with Crippen LogP contribution in [0.5, 0.6) is 5.75 Å². The maximum absolute atomic E-state index is 13.6. The van der Waals surface area contributed by atoms with Crippen LogP contribution in [0.4, 0.5) is 13.2 Å². The lowest BCUT2D eigenvalue weighted by molar-refractivity contribution is 0.0736. The summed E-state index contributed by atoms with van der Waals surface area (Å²) < 4.78 is 39.7. The summed E-state index contributed by atoms with van der Waals surface area (Å²) in [5.74, 6) is -6.94. The van der Waals surface area contributed by atoms with Crippen molar-refractivity contribution in [3.63, 3.8) is 0 Å². The number of amides is 1. The van der Waals surface area contributed by atoms with Crippen molar-refractivity contribution >= 4 is 5.91 Å². The Morgan fingerprint density at radius 2 is 2.05 bits per heavy atom. The largest absolute Gasteiger partial charge is 0.503 e. The third-order valence-electron chi connectivity index (χ3n) is 3.44. The minimum absolute atomic E-state index is 0.245. The minimum Gasteiger partial charge on any atom is -0.503 e. The Balaban J connectivity index is 2.40. The summed E-state index contributed by atoms with van der Waals surface area (Å²) in [5, 5.41) is 9.09. The fourth-order valence-corrected chi connectivity index (χ4v) is 2.15. The van der Waals surface area contributed by atoms with Crippen molar-refractivity contribution in [1.29, 1.82) is 0 Å². The number of nitrogens with two attached hydrogens (primary N) is 1. The summed E-state index contributed by atoms with van der Waals surface area (Å²) >= 11 is 0. The summed E-state index contributed by atoms with van der Waals surface area (Å²) in [6.07, 6.45) is 0.546. The zero-order valence-corrected chi connectivity index (χ0v) is 10.2. The van der Waals surface area contributed by atoms with Crippen LogP contribution in [0.3, 0.4) is 0 Å². The molecule has 2 unspecified atom stereocenters. The van der Waals surface area contributed by atoms with E-state index in [4.69, 9.17) is 10.8 Å². The average Bonchev–Trinajstić information content (AvgIpc) is 2.71. The maximum atomic E-state index is 13.6. The van der Waals surface area contributed by atoms with E-state index in [1.807, 2.05) is 0 Å². The van der Waals surface area contributed by atoms with Gasteiger partial charge in [-0.2, -0.15) is 4.39 Å². The first-order chi connectivity index (χ1) is 8.84. The van der Waals surface area contributed by atoms with Gasteiger partial charge in [0, 0.05) is 18.6 Å². The zero-order chi connectivity index (χ0) is 14.3. The number of carbonyl (C=O) groups is 1. The Morgan fingerprint density at radius 3 is 2.58 bits per heavy atom. The van der Waals surface area contributed by atoms with E-state index in [-0.39, 0.29) is 12.1 Å². The molecule has 1 aromatic carbocycles. The molecule has 0 aliphatic carbocycles. The molecule has 0 radical (unpaired) electrons. The van der Waals surface area contributed by atoms with Gasteiger partial charge < -0.3 is 15.7 Å². The Morgan fingerprint density at radius 1 is 1.42 bits per heavy atom. The molecule has 0 spiro atoms. The first kappa shape index (κ1) is 13.7. The van der Waals surface area contributed by atoms with Crippen LogP contribution in [-0.2, 0) is 0 Å². The van der Waals surface area contributed by atoms with E-state index >= 15 is 0 Å². The van der Waals surface area contributed by atoms with Crippen LogP contribution in [-0.4, -0.2) is 34.5 Å². The molecule has 1 aromatic rings. The van der Waals surface area contributed by atoms with Gasteiger partial charge in [0.15, 0.2) is 17.4 Å². The number of aromatic hydroxyl groups is 1. The molecular formula is C12H13F3N2O2. The quantitative estimate of drug-likeness (QED) is 0.760. The highest BCUT2D eigenvalue weighted by molar-refractivity contribution is 5.95. The number of halogens is 3. The number of phenolic OH excluding ortho intramolecular Hbond substituents is 1. The molecule has 1 heterocycles. The summed E-state index contributed by atoms with van der Waals surface area (Å²) in [5.41, 5.74) is 5.04. The molecule has 0 bridgehead atoms. The number of nitrogens with zero attached hydrogens (tertiary/aromatic N) is 1. The minimum atomic E-state index is -1.71. The molecule has 0 aromatic heterocycles. The Bertz CT molecular complexity index is 536. The van der Waals surface area contributed by atoms with E-state index in [0.29, 0.717) is 19.0 Å². The lowest BCUT2D eigenvalue weighted by Gasteiger charge is -2.23. The van der Waals surface area contributed by atoms with Gasteiger partial charge in [-0.15, -0.1) is 0 Å². The van der Waals surface area contributed by atoms with E-state index < -0.39 is 34.7 Å². The van der Waals surface area contributed by atoms with E-state index in [1.54, 1.807) is 6.92 Å². The second-order valence-corrected chi connectivity index (χ2v) is 4.57. The molecule has 19 heavy (non-hydrogen) atoms. The van der Waals surface area contributed by atoms with Crippen molar-refractivity contribution in [2.24, 2.45) is 5.73 Å². The van der Waals surface area contributed by atoms with Crippen LogP contribution in [0.1, 0.15) is 23.7 Å². The van der Waals surface area contributed by atoms with Gasteiger partial charge in [0.05, 0.1) is 5.56 Å². The van der Waals surface area contributed by atoms with Gasteiger partial charge in [0.25, 0.3) is 5.91 Å². The van der Waals surface area contributed by atoms with Gasteiger partial charge in [-0.05, 0) is 19.4 Å². The fourth-order valence-electron chi connectivity index (χ4n) is 2.15. The normalized spacial score (nSPS) is 22.9. The summed E-state index contributed by atoms with van der Waals surface area (Å²) in [4.78, 5) is 13.3. The number of likely N-dealkylation sites (tertiary alicyclic amines) is 1. The molecule has 0 saturated carbocycles. The highest BCUT2D eigenvalue weighted by Gasteiger charge is 2.34. The van der Waals surface area contributed by atoms with Crippen molar-refractivity contribution in [2.75, 3.05) is 6.54 Å². The Labute approximate surface area is 107 Å². The van der Waals surface area contributed by atoms with Crippen molar-refractivity contribution in [3.05, 3.63) is 29.1 Å². The van der Waals surface area contributed by atoms with E-state index in [2.05, 4.69) is 0 Å². The maximum Gasteiger partial charge on any atom is 0.257 e. The van der Waals surface area contributed by atoms with Crippen LogP contribution in [0.25, 0.3) is 0 Å². The van der Waals surface area contributed by atoms with Gasteiger partial charge in [-0.25, -0.2) is 8.78 Å². The predicted molar refractivity (Wildman–Crippen MR) is 61.1 cm³/mol. The molecule has 104 valence electrons. The second kappa shape index (κ2) is 4.73. The van der Waals surface area contributed by atoms with E-state index in [1.165, 1.54) is 4.90 Å². The first-order valence-corrected chi connectivity index (χ1v) is 5.77. The summed E-state index contributed by atoms with van der Waals surface area (Å²) in [6.45, 7) is 1.99. The molecule has 2 atom stereocenters. The highest BCUT2D eigenvalue weighted by Crippen LogP contribution is 2.28. The number of carbonyl (C=O) groups excluding carboxylic acids is 1. The standard InChI is InChI=1S/C12H13F3N2O2/c1-5-8(16)2-3-17(5)12(19)6-4-7(13)10(15)11(18)9(6)14/h4-5,8,18H,2-3,16H2,1H3. The molecule has 7 heteroatoms. The fraction of sp³-hybridized carbons (Fsp3) is 0.417. The molecule has 4 nitrogen and oxygen atoms in total. The van der Waals surface area contributed by atoms with Gasteiger partial charge in [-0.1, -0.05) is 0 Å². The van der Waals surface area contributed by atoms with Crippen molar-refractivity contribution in [1.82, 2.24) is 4.90 Å². The molecule has 3 N–H and O–H groups in total. The molecule has 1 aliphatic rings. The first-order valence-electron chi connectivity index (χ1n) is 5.77. The van der Waals surface area contributed by atoms with E-state index in [0.717, 1.165) is 0 Å². The smallest absolute Gasteiger partial charge is 0.257 e. The number of hydrogen-bond acceptors (Lipinski definition) is 3. The predicted octanol–water partition coefficient (Wildman–Crippen LogP) is 1.37. The molecule has 1 saturated heterocycles. The number of rotatable bonds is 1. The van der Waals surface area contributed by atoms with Crippen LogP contribution in [0.15, 0.2) is 6.07 Å². The lowest BCUT2D eigenvalue weighted by Crippen LogP contribution is -2.40. The van der Waals surface area contributed by atoms with Crippen LogP contribution in [0.2, 0.25) is 0 Å². The second-order valence-electron chi connectivity index (χ2n) is 4.57. The highest BCUT2D eigenvalue weighted by atomic mass is 19.2. The molecule has 1 amide bonds. The molecule has 1 fully saturated rings. The van der Waals surface area contributed by atoms with Crippen LogP contribution >= 0.6 is 0 Å². The third-order valence-corrected chi connectivity index (χ3v) is 3.44. The lowest BCUT2D eigenvalue weighted by atomic mass is 10.1. The number of phenols is 1. The van der Waals surface area contributed by atoms with Crippen molar-refractivity contribution < 1.29 is 23.1 Å². The molecule has 1 aliphatic heterocycles. The van der Waals surface area contributed by atoms with Gasteiger partial charge >= 0.3 is 0 Å². The average molecular weight is 274 g/mol. The molecule has 2 rings (SSSR count). The monoisotopic (exact) mass is 274 g/mol. The van der Waals surface area contributed by atoms with Gasteiger partial charge in [-0.3, -0.25) is 4.79 Å². The topological polar surface area (TPSA) is 66.6 Å². The number of benzene rings is 1.